The fourth-order valence-electron chi connectivity index (χ4n) is 4.60. The molecule has 0 aromatic heterocycles. The minimum absolute atomic E-state index is 0.204. The monoisotopic (exact) mass is 460 g/mol. The summed E-state index contributed by atoms with van der Waals surface area (Å²) in [5.41, 5.74) is 5.67. The zero-order chi connectivity index (χ0) is 24.6. The van der Waals surface area contributed by atoms with E-state index in [1.165, 1.54) is 0 Å². The molecule has 1 fully saturated rings. The van der Waals surface area contributed by atoms with Gasteiger partial charge in [0.15, 0.2) is 0 Å². The smallest absolute Gasteiger partial charge is 0.255 e. The highest BCUT2D eigenvalue weighted by molar-refractivity contribution is 6.05. The number of aliphatic imine (C=N–C) groups is 1. The minimum Gasteiger partial charge on any atom is -0.496 e. The van der Waals surface area contributed by atoms with Gasteiger partial charge in [-0.3, -0.25) is 24.7 Å². The number of benzene rings is 2. The minimum atomic E-state index is -0.647. The Morgan fingerprint density at radius 1 is 1.15 bits per heavy atom. The summed E-state index contributed by atoms with van der Waals surface area (Å²) >= 11 is 0. The molecule has 8 nitrogen and oxygen atoms in total. The Morgan fingerprint density at radius 2 is 1.88 bits per heavy atom. The van der Waals surface area contributed by atoms with Gasteiger partial charge in [0.1, 0.15) is 11.8 Å². The summed E-state index contributed by atoms with van der Waals surface area (Å²) < 4.78 is 5.51. The van der Waals surface area contributed by atoms with Crippen LogP contribution in [-0.2, 0) is 16.1 Å². The summed E-state index contributed by atoms with van der Waals surface area (Å²) in [5.74, 6) is -0.151. The van der Waals surface area contributed by atoms with Crippen molar-refractivity contribution in [3.05, 3.63) is 64.2 Å². The predicted octanol–water partition coefficient (Wildman–Crippen LogP) is 2.85. The molecule has 2 aliphatic heterocycles. The highest BCUT2D eigenvalue weighted by Gasteiger charge is 2.39. The van der Waals surface area contributed by atoms with Gasteiger partial charge in [0.25, 0.3) is 5.91 Å². The molecule has 1 unspecified atom stereocenters. The molecule has 2 aromatic rings. The lowest BCUT2D eigenvalue weighted by Gasteiger charge is -2.29. The third-order valence-corrected chi connectivity index (χ3v) is 6.31. The van der Waals surface area contributed by atoms with E-state index in [-0.39, 0.29) is 18.2 Å². The summed E-state index contributed by atoms with van der Waals surface area (Å²) in [6.45, 7) is 6.10. The Hall–Kier alpha value is -3.94. The fraction of sp³-hybridized carbons (Fsp3) is 0.308. The SMILES string of the molecule is C=N/C(=C(/c1ccc(C)c(OC)c1)N(C)C)c1ccc2c(c1)CN(C1CCC(=O)NC1=O)C2=O. The zero-order valence-electron chi connectivity index (χ0n) is 19.8. The molecule has 4 rings (SSSR count). The standard InChI is InChI=1S/C26H28N4O4/c1-15-6-7-17(13-21(15)34-5)24(29(3)4)23(27-2)16-8-9-19-18(12-16)14-30(26(19)33)20-10-11-22(31)28-25(20)32/h6-9,12-13,20H,2,10-11,14H2,1,3-5H3,(H,28,31,32)/b24-23-. The summed E-state index contributed by atoms with van der Waals surface area (Å²) in [5, 5.41) is 2.33. The maximum absolute atomic E-state index is 13.0. The Morgan fingerprint density at radius 3 is 2.53 bits per heavy atom. The van der Waals surface area contributed by atoms with Gasteiger partial charge in [0.05, 0.1) is 18.5 Å². The van der Waals surface area contributed by atoms with E-state index in [0.29, 0.717) is 24.2 Å². The second-order valence-electron chi connectivity index (χ2n) is 8.71. The molecular weight excluding hydrogens is 432 g/mol. The third kappa shape index (κ3) is 4.07. The molecule has 34 heavy (non-hydrogen) atoms. The Labute approximate surface area is 198 Å². The Kier molecular flexibility index (Phi) is 6.24. The number of hydrogen-bond acceptors (Lipinski definition) is 6. The Bertz CT molecular complexity index is 1230. The quantitative estimate of drug-likeness (QED) is 0.407. The first-order chi connectivity index (χ1) is 16.2. The van der Waals surface area contributed by atoms with Crippen LogP contribution in [0.3, 0.4) is 0 Å². The van der Waals surface area contributed by atoms with Crippen LogP contribution in [-0.4, -0.2) is 61.5 Å². The van der Waals surface area contributed by atoms with Gasteiger partial charge in [0, 0.05) is 43.8 Å². The second kappa shape index (κ2) is 9.13. The van der Waals surface area contributed by atoms with Crippen molar-refractivity contribution in [2.75, 3.05) is 21.2 Å². The number of carbonyl (C=O) groups excluding carboxylic acids is 3. The number of hydrogen-bond donors (Lipinski definition) is 1. The lowest BCUT2D eigenvalue weighted by Crippen LogP contribution is -2.52. The second-order valence-corrected chi connectivity index (χ2v) is 8.71. The lowest BCUT2D eigenvalue weighted by atomic mass is 9.99. The largest absolute Gasteiger partial charge is 0.496 e. The molecule has 1 saturated heterocycles. The highest BCUT2D eigenvalue weighted by Crippen LogP contribution is 2.35. The fourth-order valence-corrected chi connectivity index (χ4v) is 4.60. The molecule has 2 heterocycles. The summed E-state index contributed by atoms with van der Waals surface area (Å²) in [6, 6.07) is 10.9. The number of rotatable bonds is 6. The molecule has 176 valence electrons. The van der Waals surface area contributed by atoms with Gasteiger partial charge in [-0.1, -0.05) is 18.2 Å². The number of ether oxygens (including phenoxy) is 1. The summed E-state index contributed by atoms with van der Waals surface area (Å²) in [4.78, 5) is 44.7. The van der Waals surface area contributed by atoms with Crippen LogP contribution in [0.4, 0.5) is 0 Å². The van der Waals surface area contributed by atoms with Crippen LogP contribution in [0.1, 0.15) is 45.5 Å². The first-order valence-corrected chi connectivity index (χ1v) is 11.1. The number of methoxy groups -OCH3 is 1. The van der Waals surface area contributed by atoms with E-state index in [9.17, 15) is 14.4 Å². The molecule has 1 atom stereocenters. The Balaban J connectivity index is 1.73. The third-order valence-electron chi connectivity index (χ3n) is 6.31. The van der Waals surface area contributed by atoms with Gasteiger partial charge < -0.3 is 14.5 Å². The number of amides is 3. The molecule has 0 bridgehead atoms. The molecule has 0 spiro atoms. The van der Waals surface area contributed by atoms with Crippen molar-refractivity contribution >= 4 is 35.8 Å². The zero-order valence-corrected chi connectivity index (χ0v) is 19.8. The average Bonchev–Trinajstić information content (AvgIpc) is 3.13. The number of carbonyl (C=O) groups is 3. The van der Waals surface area contributed by atoms with Crippen LogP contribution in [0.25, 0.3) is 11.4 Å². The van der Waals surface area contributed by atoms with Crippen LogP contribution in [0.5, 0.6) is 5.75 Å². The maximum Gasteiger partial charge on any atom is 0.255 e. The highest BCUT2D eigenvalue weighted by atomic mass is 16.5. The number of piperidine rings is 1. The number of aryl methyl sites for hydroxylation is 1. The number of nitrogens with zero attached hydrogens (tertiary/aromatic N) is 3. The van der Waals surface area contributed by atoms with Crippen molar-refractivity contribution < 1.29 is 19.1 Å². The van der Waals surface area contributed by atoms with Crippen molar-refractivity contribution in [2.45, 2.75) is 32.4 Å². The van der Waals surface area contributed by atoms with Gasteiger partial charge in [0.2, 0.25) is 11.8 Å². The van der Waals surface area contributed by atoms with Crippen molar-refractivity contribution in [1.29, 1.82) is 0 Å². The molecule has 0 radical (unpaired) electrons. The predicted molar refractivity (Wildman–Crippen MR) is 130 cm³/mol. The molecule has 8 heteroatoms. The van der Waals surface area contributed by atoms with Gasteiger partial charge in [-0.2, -0.15) is 0 Å². The number of nitrogens with one attached hydrogen (secondary N) is 1. The average molecular weight is 461 g/mol. The molecule has 2 aromatic carbocycles. The first-order valence-electron chi connectivity index (χ1n) is 11.1. The molecular formula is C26H28N4O4. The van der Waals surface area contributed by atoms with E-state index in [4.69, 9.17) is 4.74 Å². The van der Waals surface area contributed by atoms with Crippen molar-refractivity contribution in [3.8, 4) is 5.75 Å². The molecule has 0 aliphatic carbocycles. The van der Waals surface area contributed by atoms with E-state index in [1.807, 2.05) is 56.3 Å². The van der Waals surface area contributed by atoms with E-state index >= 15 is 0 Å². The molecule has 0 saturated carbocycles. The van der Waals surface area contributed by atoms with Crippen LogP contribution < -0.4 is 10.1 Å². The number of fused-ring (bicyclic) bond motifs is 1. The van der Waals surface area contributed by atoms with E-state index in [2.05, 4.69) is 17.0 Å². The van der Waals surface area contributed by atoms with Crippen molar-refractivity contribution in [3.63, 3.8) is 0 Å². The van der Waals surface area contributed by atoms with E-state index in [1.54, 1.807) is 18.1 Å². The number of imide groups is 1. The van der Waals surface area contributed by atoms with Crippen LogP contribution in [0.2, 0.25) is 0 Å². The van der Waals surface area contributed by atoms with Crippen molar-refractivity contribution in [2.24, 2.45) is 4.99 Å². The summed E-state index contributed by atoms with van der Waals surface area (Å²) in [6.07, 6.45) is 0.553. The van der Waals surface area contributed by atoms with Gasteiger partial charge in [-0.15, -0.1) is 0 Å². The summed E-state index contributed by atoms with van der Waals surface area (Å²) in [7, 11) is 5.52. The van der Waals surface area contributed by atoms with Gasteiger partial charge in [-0.25, -0.2) is 0 Å². The topological polar surface area (TPSA) is 91.3 Å². The first kappa shape index (κ1) is 23.2. The van der Waals surface area contributed by atoms with Crippen LogP contribution in [0, 0.1) is 6.92 Å². The van der Waals surface area contributed by atoms with E-state index in [0.717, 1.165) is 33.7 Å². The normalized spacial score (nSPS) is 18.3. The van der Waals surface area contributed by atoms with Crippen molar-refractivity contribution in [1.82, 2.24) is 15.1 Å². The lowest BCUT2D eigenvalue weighted by molar-refractivity contribution is -0.136. The van der Waals surface area contributed by atoms with E-state index < -0.39 is 11.9 Å². The molecule has 2 aliphatic rings. The van der Waals surface area contributed by atoms with Crippen LogP contribution in [0.15, 0.2) is 41.4 Å². The molecule has 1 N–H and O–H groups in total. The molecule has 3 amide bonds. The van der Waals surface area contributed by atoms with Gasteiger partial charge >= 0.3 is 0 Å². The maximum atomic E-state index is 13.0. The van der Waals surface area contributed by atoms with Gasteiger partial charge in [-0.05, 0) is 49.4 Å². The van der Waals surface area contributed by atoms with Crippen LogP contribution >= 0.6 is 0 Å².